The molecule has 0 aliphatic heterocycles. The SMILES string of the molecule is CC1(C)CC1Cn1c(N)nc2cc(Cl)cnc21. The van der Waals surface area contributed by atoms with E-state index in [0.717, 1.165) is 17.7 Å². The molecule has 0 amide bonds. The first-order valence-corrected chi connectivity index (χ1v) is 6.12. The molecule has 90 valence electrons. The molecule has 2 aromatic heterocycles. The topological polar surface area (TPSA) is 56.7 Å². The lowest BCUT2D eigenvalue weighted by Gasteiger charge is -2.07. The molecule has 1 unspecified atom stereocenters. The van der Waals surface area contributed by atoms with Gasteiger partial charge in [0, 0.05) is 12.7 Å². The van der Waals surface area contributed by atoms with E-state index < -0.39 is 0 Å². The van der Waals surface area contributed by atoms with Crippen LogP contribution >= 0.6 is 11.6 Å². The monoisotopic (exact) mass is 250 g/mol. The second-order valence-electron chi connectivity index (χ2n) is 5.47. The van der Waals surface area contributed by atoms with Gasteiger partial charge < -0.3 is 5.73 Å². The smallest absolute Gasteiger partial charge is 0.202 e. The van der Waals surface area contributed by atoms with Gasteiger partial charge in [0.2, 0.25) is 5.95 Å². The summed E-state index contributed by atoms with van der Waals surface area (Å²) in [5, 5.41) is 0.592. The van der Waals surface area contributed by atoms with Gasteiger partial charge in [0.1, 0.15) is 5.52 Å². The number of imidazole rings is 1. The molecular formula is C12H15ClN4. The molecule has 1 aliphatic rings. The third-order valence-corrected chi connectivity index (χ3v) is 3.91. The summed E-state index contributed by atoms with van der Waals surface area (Å²) in [7, 11) is 0. The Labute approximate surface area is 105 Å². The number of fused-ring (bicyclic) bond motifs is 1. The van der Waals surface area contributed by atoms with Crippen LogP contribution in [0.2, 0.25) is 5.02 Å². The fourth-order valence-electron chi connectivity index (χ4n) is 2.29. The average molecular weight is 251 g/mol. The van der Waals surface area contributed by atoms with Gasteiger partial charge in [-0.15, -0.1) is 0 Å². The molecule has 2 N–H and O–H groups in total. The first kappa shape index (κ1) is 10.8. The molecular weight excluding hydrogens is 236 g/mol. The average Bonchev–Trinajstić information content (AvgIpc) is 2.71. The lowest BCUT2D eigenvalue weighted by molar-refractivity contribution is 0.506. The predicted octanol–water partition coefficient (Wildman–Crippen LogP) is 2.71. The van der Waals surface area contributed by atoms with Crippen molar-refractivity contribution in [3.63, 3.8) is 0 Å². The largest absolute Gasteiger partial charge is 0.369 e. The number of anilines is 1. The number of pyridine rings is 1. The van der Waals surface area contributed by atoms with Gasteiger partial charge in [-0.2, -0.15) is 0 Å². The van der Waals surface area contributed by atoms with E-state index in [4.69, 9.17) is 17.3 Å². The van der Waals surface area contributed by atoms with Crippen molar-refractivity contribution >= 4 is 28.7 Å². The number of halogens is 1. The number of hydrogen-bond donors (Lipinski definition) is 1. The summed E-state index contributed by atoms with van der Waals surface area (Å²) in [6.45, 7) is 5.44. The van der Waals surface area contributed by atoms with Gasteiger partial charge in [-0.3, -0.25) is 4.57 Å². The van der Waals surface area contributed by atoms with Gasteiger partial charge in [-0.25, -0.2) is 9.97 Å². The van der Waals surface area contributed by atoms with Gasteiger partial charge >= 0.3 is 0 Å². The lowest BCUT2D eigenvalue weighted by Crippen LogP contribution is -2.07. The first-order valence-electron chi connectivity index (χ1n) is 5.74. The molecule has 2 heterocycles. The molecule has 0 saturated heterocycles. The van der Waals surface area contributed by atoms with E-state index >= 15 is 0 Å². The van der Waals surface area contributed by atoms with Gasteiger partial charge in [0.25, 0.3) is 0 Å². The summed E-state index contributed by atoms with van der Waals surface area (Å²) >= 11 is 5.89. The highest BCUT2D eigenvalue weighted by Crippen LogP contribution is 2.52. The molecule has 0 spiro atoms. The number of nitrogen functional groups attached to an aromatic ring is 1. The molecule has 3 rings (SSSR count). The quantitative estimate of drug-likeness (QED) is 0.892. The number of hydrogen-bond acceptors (Lipinski definition) is 3. The molecule has 1 saturated carbocycles. The van der Waals surface area contributed by atoms with Gasteiger partial charge in [0.15, 0.2) is 5.65 Å². The van der Waals surface area contributed by atoms with Crippen molar-refractivity contribution in [3.8, 4) is 0 Å². The van der Waals surface area contributed by atoms with Crippen molar-refractivity contribution in [2.45, 2.75) is 26.8 Å². The zero-order chi connectivity index (χ0) is 12.2. The minimum absolute atomic E-state index is 0.426. The molecule has 0 aromatic carbocycles. The maximum atomic E-state index is 5.94. The lowest BCUT2D eigenvalue weighted by atomic mass is 10.1. The van der Waals surface area contributed by atoms with E-state index in [1.165, 1.54) is 6.42 Å². The zero-order valence-corrected chi connectivity index (χ0v) is 10.7. The van der Waals surface area contributed by atoms with Crippen LogP contribution in [-0.4, -0.2) is 14.5 Å². The summed E-state index contributed by atoms with van der Waals surface area (Å²) in [6.07, 6.45) is 2.87. The van der Waals surface area contributed by atoms with Crippen LogP contribution in [-0.2, 0) is 6.54 Å². The summed E-state index contributed by atoms with van der Waals surface area (Å²) < 4.78 is 1.99. The molecule has 1 atom stereocenters. The van der Waals surface area contributed by atoms with E-state index in [1.54, 1.807) is 12.3 Å². The summed E-state index contributed by atoms with van der Waals surface area (Å²) in [5.74, 6) is 1.19. The highest BCUT2D eigenvalue weighted by Gasteiger charge is 2.45. The standard InChI is InChI=1S/C12H15ClN4/c1-12(2)4-7(12)6-17-10-9(16-11(17)14)3-8(13)5-15-10/h3,5,7H,4,6H2,1-2H3,(H2,14,16). The van der Waals surface area contributed by atoms with Crippen molar-refractivity contribution in [3.05, 3.63) is 17.3 Å². The van der Waals surface area contributed by atoms with Gasteiger partial charge in [-0.05, 0) is 23.8 Å². The van der Waals surface area contributed by atoms with Gasteiger partial charge in [-0.1, -0.05) is 25.4 Å². The van der Waals surface area contributed by atoms with Crippen LogP contribution < -0.4 is 5.73 Å². The van der Waals surface area contributed by atoms with E-state index in [0.29, 0.717) is 22.3 Å². The third-order valence-electron chi connectivity index (χ3n) is 3.70. The molecule has 0 bridgehead atoms. The summed E-state index contributed by atoms with van der Waals surface area (Å²) in [4.78, 5) is 8.61. The minimum atomic E-state index is 0.426. The first-order chi connectivity index (χ1) is 7.97. The Balaban J connectivity index is 2.01. The number of nitrogens with zero attached hydrogens (tertiary/aromatic N) is 3. The van der Waals surface area contributed by atoms with Crippen LogP contribution in [0.3, 0.4) is 0 Å². The molecule has 0 radical (unpaired) electrons. The number of rotatable bonds is 2. The van der Waals surface area contributed by atoms with Crippen LogP contribution in [0.15, 0.2) is 12.3 Å². The summed E-state index contributed by atoms with van der Waals surface area (Å²) in [5.41, 5.74) is 7.96. The fourth-order valence-corrected chi connectivity index (χ4v) is 2.44. The van der Waals surface area contributed by atoms with Crippen molar-refractivity contribution in [1.29, 1.82) is 0 Å². The number of nitrogens with two attached hydrogens (primary N) is 1. The predicted molar refractivity (Wildman–Crippen MR) is 68.8 cm³/mol. The molecule has 4 nitrogen and oxygen atoms in total. The Hall–Kier alpha value is -1.29. The van der Waals surface area contributed by atoms with Crippen molar-refractivity contribution < 1.29 is 0 Å². The maximum Gasteiger partial charge on any atom is 0.202 e. The molecule has 1 fully saturated rings. The maximum absolute atomic E-state index is 5.94. The van der Waals surface area contributed by atoms with E-state index in [1.807, 2.05) is 4.57 Å². The van der Waals surface area contributed by atoms with E-state index in [9.17, 15) is 0 Å². The fraction of sp³-hybridized carbons (Fsp3) is 0.500. The molecule has 2 aromatic rings. The Morgan fingerprint density at radius 3 is 2.94 bits per heavy atom. The van der Waals surface area contributed by atoms with Crippen molar-refractivity contribution in [2.24, 2.45) is 11.3 Å². The normalized spacial score (nSPS) is 21.9. The van der Waals surface area contributed by atoms with E-state index in [-0.39, 0.29) is 0 Å². The Morgan fingerprint density at radius 1 is 1.59 bits per heavy atom. The van der Waals surface area contributed by atoms with Crippen LogP contribution in [0.25, 0.3) is 11.2 Å². The number of aromatic nitrogens is 3. The molecule has 17 heavy (non-hydrogen) atoms. The Morgan fingerprint density at radius 2 is 2.29 bits per heavy atom. The summed E-state index contributed by atoms with van der Waals surface area (Å²) in [6, 6.07) is 1.80. The van der Waals surface area contributed by atoms with Crippen LogP contribution in [0.5, 0.6) is 0 Å². The third kappa shape index (κ3) is 1.76. The Kier molecular flexibility index (Phi) is 2.14. The van der Waals surface area contributed by atoms with Crippen LogP contribution in [0, 0.1) is 11.3 Å². The highest BCUT2D eigenvalue weighted by molar-refractivity contribution is 6.31. The van der Waals surface area contributed by atoms with E-state index in [2.05, 4.69) is 23.8 Å². The second kappa shape index (κ2) is 3.35. The zero-order valence-electron chi connectivity index (χ0n) is 9.94. The molecule has 1 aliphatic carbocycles. The Bertz CT molecular complexity index is 587. The van der Waals surface area contributed by atoms with Crippen LogP contribution in [0.1, 0.15) is 20.3 Å². The minimum Gasteiger partial charge on any atom is -0.369 e. The molecule has 5 heteroatoms. The van der Waals surface area contributed by atoms with Gasteiger partial charge in [0.05, 0.1) is 5.02 Å². The van der Waals surface area contributed by atoms with Crippen molar-refractivity contribution in [1.82, 2.24) is 14.5 Å². The second-order valence-corrected chi connectivity index (χ2v) is 5.90. The van der Waals surface area contributed by atoms with Crippen molar-refractivity contribution in [2.75, 3.05) is 5.73 Å². The van der Waals surface area contributed by atoms with Crippen LogP contribution in [0.4, 0.5) is 5.95 Å². The highest BCUT2D eigenvalue weighted by atomic mass is 35.5.